The third-order valence-corrected chi connectivity index (χ3v) is 4.74. The van der Waals surface area contributed by atoms with Crippen LogP contribution in [0.4, 0.5) is 0 Å². The molecule has 0 saturated heterocycles. The van der Waals surface area contributed by atoms with Crippen LogP contribution in [0.3, 0.4) is 0 Å². The third kappa shape index (κ3) is 2.52. The number of rotatable bonds is 6. The molecule has 1 atom stereocenters. The van der Waals surface area contributed by atoms with Crippen molar-refractivity contribution in [2.45, 2.75) is 59.9 Å². The second-order valence-corrected chi connectivity index (χ2v) is 6.42. The molecule has 0 aromatic rings. The molecule has 1 saturated carbocycles. The second-order valence-electron chi connectivity index (χ2n) is 6.42. The predicted molar refractivity (Wildman–Crippen MR) is 70.1 cm³/mol. The molecule has 104 valence electrons. The van der Waals surface area contributed by atoms with Crippen molar-refractivity contribution >= 4 is 11.9 Å². The molecule has 4 heteroatoms. The maximum Gasteiger partial charge on any atom is 0.326 e. The van der Waals surface area contributed by atoms with Crippen LogP contribution >= 0.6 is 0 Å². The molecule has 1 aliphatic rings. The topological polar surface area (TPSA) is 66.4 Å². The average Bonchev–Trinajstić information content (AvgIpc) is 2.63. The van der Waals surface area contributed by atoms with E-state index < -0.39 is 12.0 Å². The van der Waals surface area contributed by atoms with Crippen molar-refractivity contribution in [2.75, 3.05) is 0 Å². The van der Waals surface area contributed by atoms with Crippen molar-refractivity contribution < 1.29 is 14.7 Å². The van der Waals surface area contributed by atoms with Gasteiger partial charge in [0.2, 0.25) is 5.91 Å². The lowest BCUT2D eigenvalue weighted by atomic mass is 10.0. The van der Waals surface area contributed by atoms with Crippen LogP contribution in [0.5, 0.6) is 0 Å². The highest BCUT2D eigenvalue weighted by Gasteiger charge is 2.68. The lowest BCUT2D eigenvalue weighted by Gasteiger charge is -2.14. The molecular weight excluding hydrogens is 230 g/mol. The summed E-state index contributed by atoms with van der Waals surface area (Å²) in [5, 5.41) is 11.8. The van der Waals surface area contributed by atoms with Gasteiger partial charge in [0, 0.05) is 5.92 Å². The number of hydrogen-bond donors (Lipinski definition) is 2. The van der Waals surface area contributed by atoms with E-state index in [0.717, 1.165) is 12.8 Å². The lowest BCUT2D eigenvalue weighted by molar-refractivity contribution is -0.142. The Morgan fingerprint density at radius 3 is 2.06 bits per heavy atom. The number of aliphatic carboxylic acids is 1. The Balaban J connectivity index is 2.61. The number of amides is 1. The fourth-order valence-electron chi connectivity index (χ4n) is 2.77. The van der Waals surface area contributed by atoms with Gasteiger partial charge in [-0.15, -0.1) is 0 Å². The van der Waals surface area contributed by atoms with Gasteiger partial charge >= 0.3 is 5.97 Å². The number of carboxylic acids is 1. The molecule has 1 fully saturated rings. The van der Waals surface area contributed by atoms with Gasteiger partial charge in [-0.1, -0.05) is 47.5 Å². The van der Waals surface area contributed by atoms with Crippen molar-refractivity contribution in [3.8, 4) is 0 Å². The Labute approximate surface area is 109 Å². The summed E-state index contributed by atoms with van der Waals surface area (Å²) in [4.78, 5) is 23.2. The van der Waals surface area contributed by atoms with Crippen LogP contribution in [0, 0.1) is 16.7 Å². The maximum atomic E-state index is 12.1. The van der Waals surface area contributed by atoms with Gasteiger partial charge in [-0.05, 0) is 17.3 Å². The highest BCUT2D eigenvalue weighted by molar-refractivity contribution is 5.88. The summed E-state index contributed by atoms with van der Waals surface area (Å²) in [6.45, 7) is 10.2. The van der Waals surface area contributed by atoms with Crippen LogP contribution in [0.2, 0.25) is 0 Å². The first kappa shape index (κ1) is 15.0. The molecule has 0 aromatic carbocycles. The monoisotopic (exact) mass is 255 g/mol. The number of nitrogens with one attached hydrogen (secondary N) is 1. The van der Waals surface area contributed by atoms with Crippen molar-refractivity contribution in [2.24, 2.45) is 16.7 Å². The van der Waals surface area contributed by atoms with Crippen molar-refractivity contribution in [1.29, 1.82) is 0 Å². The minimum atomic E-state index is -0.937. The normalized spacial score (nSPS) is 22.3. The van der Waals surface area contributed by atoms with Gasteiger partial charge in [0.1, 0.15) is 6.04 Å². The molecule has 0 heterocycles. The van der Waals surface area contributed by atoms with Gasteiger partial charge < -0.3 is 10.4 Å². The first-order valence-electron chi connectivity index (χ1n) is 6.69. The standard InChI is InChI=1S/C14H25NO3/c1-6-7-8-9(12(17)18)15-11(16)10-13(2,3)14(10,4)5/h9-10H,6-8H2,1-5H3,(H,15,16)(H,17,18)/t9-/m0/s1. The van der Waals surface area contributed by atoms with Gasteiger partial charge in [0.05, 0.1) is 0 Å². The van der Waals surface area contributed by atoms with Crippen LogP contribution in [0.1, 0.15) is 53.9 Å². The molecule has 0 unspecified atom stereocenters. The van der Waals surface area contributed by atoms with E-state index in [2.05, 4.69) is 33.0 Å². The molecule has 1 amide bonds. The quantitative estimate of drug-likeness (QED) is 0.766. The van der Waals surface area contributed by atoms with E-state index in [1.807, 2.05) is 6.92 Å². The van der Waals surface area contributed by atoms with Crippen LogP contribution in [0.25, 0.3) is 0 Å². The van der Waals surface area contributed by atoms with Crippen LogP contribution in [-0.4, -0.2) is 23.0 Å². The SMILES string of the molecule is CCCC[C@H](NC(=O)C1C(C)(C)C1(C)C)C(=O)O. The molecule has 0 radical (unpaired) electrons. The molecule has 18 heavy (non-hydrogen) atoms. The molecule has 0 aliphatic heterocycles. The molecule has 4 nitrogen and oxygen atoms in total. The zero-order valence-electron chi connectivity index (χ0n) is 12.0. The smallest absolute Gasteiger partial charge is 0.326 e. The van der Waals surface area contributed by atoms with Gasteiger partial charge in [0.15, 0.2) is 0 Å². The van der Waals surface area contributed by atoms with Crippen LogP contribution in [0.15, 0.2) is 0 Å². The molecular formula is C14H25NO3. The average molecular weight is 255 g/mol. The molecule has 1 rings (SSSR count). The van der Waals surface area contributed by atoms with E-state index in [9.17, 15) is 9.59 Å². The first-order chi connectivity index (χ1) is 8.16. The zero-order chi connectivity index (χ0) is 14.1. The second kappa shape index (κ2) is 4.90. The zero-order valence-corrected chi connectivity index (χ0v) is 12.0. The van der Waals surface area contributed by atoms with Crippen molar-refractivity contribution in [3.05, 3.63) is 0 Å². The van der Waals surface area contributed by atoms with Crippen LogP contribution < -0.4 is 5.32 Å². The number of hydrogen-bond acceptors (Lipinski definition) is 2. The van der Waals surface area contributed by atoms with E-state index in [1.54, 1.807) is 0 Å². The van der Waals surface area contributed by atoms with E-state index >= 15 is 0 Å². The summed E-state index contributed by atoms with van der Waals surface area (Å²) in [5.74, 6) is -1.14. The minimum Gasteiger partial charge on any atom is -0.480 e. The lowest BCUT2D eigenvalue weighted by Crippen LogP contribution is -2.42. The summed E-state index contributed by atoms with van der Waals surface area (Å²) in [7, 11) is 0. The van der Waals surface area contributed by atoms with Gasteiger partial charge in [-0.2, -0.15) is 0 Å². The fraction of sp³-hybridized carbons (Fsp3) is 0.857. The summed E-state index contributed by atoms with van der Waals surface area (Å²) < 4.78 is 0. The Bertz CT molecular complexity index is 333. The number of carbonyl (C=O) groups is 2. The van der Waals surface area contributed by atoms with Crippen LogP contribution in [-0.2, 0) is 9.59 Å². The molecule has 1 aliphatic carbocycles. The Morgan fingerprint density at radius 2 is 1.72 bits per heavy atom. The summed E-state index contributed by atoms with van der Waals surface area (Å²) >= 11 is 0. The summed E-state index contributed by atoms with van der Waals surface area (Å²) in [5.41, 5.74) is -0.101. The maximum absolute atomic E-state index is 12.1. The minimum absolute atomic E-state index is 0.0507. The van der Waals surface area contributed by atoms with Gasteiger partial charge in [-0.25, -0.2) is 4.79 Å². The molecule has 2 N–H and O–H groups in total. The Kier molecular flexibility index (Phi) is 4.08. The first-order valence-corrected chi connectivity index (χ1v) is 6.69. The molecule has 0 aromatic heterocycles. The Hall–Kier alpha value is -1.06. The highest BCUT2D eigenvalue weighted by atomic mass is 16.4. The molecule has 0 bridgehead atoms. The third-order valence-electron chi connectivity index (χ3n) is 4.74. The van der Waals surface area contributed by atoms with Gasteiger partial charge in [-0.3, -0.25) is 4.79 Å². The van der Waals surface area contributed by atoms with Crippen molar-refractivity contribution in [1.82, 2.24) is 5.32 Å². The fourth-order valence-corrected chi connectivity index (χ4v) is 2.77. The predicted octanol–water partition coefficient (Wildman–Crippen LogP) is 2.43. The van der Waals surface area contributed by atoms with Crippen molar-refractivity contribution in [3.63, 3.8) is 0 Å². The van der Waals surface area contributed by atoms with E-state index in [0.29, 0.717) is 6.42 Å². The molecule has 0 spiro atoms. The largest absolute Gasteiger partial charge is 0.480 e. The van der Waals surface area contributed by atoms with E-state index in [1.165, 1.54) is 0 Å². The number of unbranched alkanes of at least 4 members (excludes halogenated alkanes) is 1. The summed E-state index contributed by atoms with van der Waals surface area (Å²) in [6.07, 6.45) is 2.25. The Morgan fingerprint density at radius 1 is 1.22 bits per heavy atom. The number of carboxylic acid groups (broad SMARTS) is 1. The summed E-state index contributed by atoms with van der Waals surface area (Å²) in [6, 6.07) is -0.746. The number of carbonyl (C=O) groups excluding carboxylic acids is 1. The highest BCUT2D eigenvalue weighted by Crippen LogP contribution is 2.68. The van der Waals surface area contributed by atoms with E-state index in [-0.39, 0.29) is 22.7 Å². The van der Waals surface area contributed by atoms with Gasteiger partial charge in [0.25, 0.3) is 0 Å². The van der Waals surface area contributed by atoms with E-state index in [4.69, 9.17) is 5.11 Å².